The lowest BCUT2D eigenvalue weighted by Crippen LogP contribution is -2.20. The minimum Gasteiger partial charge on any atom is -0.450 e. The summed E-state index contributed by atoms with van der Waals surface area (Å²) in [4.78, 5) is 23.1. The van der Waals surface area contributed by atoms with Crippen molar-refractivity contribution in [2.24, 2.45) is 0 Å². The van der Waals surface area contributed by atoms with E-state index in [4.69, 9.17) is 20.8 Å². The second-order valence-corrected chi connectivity index (χ2v) is 4.95. The van der Waals surface area contributed by atoms with E-state index in [2.05, 4.69) is 21.2 Å². The van der Waals surface area contributed by atoms with Crippen LogP contribution < -0.4 is 5.32 Å². The highest BCUT2D eigenvalue weighted by Gasteiger charge is 2.14. The Morgan fingerprint density at radius 2 is 1.90 bits per heavy atom. The van der Waals surface area contributed by atoms with Gasteiger partial charge in [-0.3, -0.25) is 4.79 Å². The Balaban J connectivity index is 1.83. The molecular formula is C13H9BrClNO4. The first-order valence-corrected chi connectivity index (χ1v) is 6.69. The molecule has 1 aromatic heterocycles. The number of anilines is 1. The number of hydrogen-bond donors (Lipinski definition) is 1. The summed E-state index contributed by atoms with van der Waals surface area (Å²) in [5.74, 6) is -1.13. The summed E-state index contributed by atoms with van der Waals surface area (Å²) in [7, 11) is 0. The lowest BCUT2D eigenvalue weighted by atomic mass is 10.3. The fraction of sp³-hybridized carbons (Fsp3) is 0.0769. The van der Waals surface area contributed by atoms with Crippen molar-refractivity contribution in [3.63, 3.8) is 0 Å². The fourth-order valence-electron chi connectivity index (χ4n) is 1.36. The molecule has 104 valence electrons. The highest BCUT2D eigenvalue weighted by molar-refractivity contribution is 9.10. The summed E-state index contributed by atoms with van der Waals surface area (Å²) in [5, 5.41) is 3.13. The van der Waals surface area contributed by atoms with Gasteiger partial charge in [-0.05, 0) is 52.3 Å². The summed E-state index contributed by atoms with van der Waals surface area (Å²) < 4.78 is 10.2. The van der Waals surface area contributed by atoms with Crippen LogP contribution in [-0.2, 0) is 9.53 Å². The van der Waals surface area contributed by atoms with E-state index in [1.807, 2.05) is 0 Å². The van der Waals surface area contributed by atoms with Crippen molar-refractivity contribution in [3.8, 4) is 0 Å². The Kier molecular flexibility index (Phi) is 4.81. The Hall–Kier alpha value is -1.79. The molecule has 0 unspecified atom stereocenters. The van der Waals surface area contributed by atoms with Crippen LogP contribution >= 0.6 is 27.5 Å². The van der Waals surface area contributed by atoms with E-state index < -0.39 is 18.5 Å². The molecule has 0 saturated carbocycles. The summed E-state index contributed by atoms with van der Waals surface area (Å²) in [6.07, 6.45) is 0. The first kappa shape index (κ1) is 14.6. The minimum atomic E-state index is -0.707. The maximum absolute atomic E-state index is 11.6. The molecule has 1 heterocycles. The summed E-state index contributed by atoms with van der Waals surface area (Å²) >= 11 is 8.79. The van der Waals surface area contributed by atoms with Crippen LogP contribution in [0.4, 0.5) is 5.69 Å². The summed E-state index contributed by atoms with van der Waals surface area (Å²) in [6, 6.07) is 9.58. The maximum atomic E-state index is 11.6. The van der Waals surface area contributed by atoms with Crippen molar-refractivity contribution in [3.05, 3.63) is 51.9 Å². The van der Waals surface area contributed by atoms with Crippen LogP contribution in [-0.4, -0.2) is 18.5 Å². The molecule has 0 saturated heterocycles. The van der Waals surface area contributed by atoms with Crippen LogP contribution in [0.3, 0.4) is 0 Å². The van der Waals surface area contributed by atoms with Crippen LogP contribution in [0.25, 0.3) is 0 Å². The van der Waals surface area contributed by atoms with Gasteiger partial charge in [0.2, 0.25) is 5.76 Å². The molecule has 0 aliphatic heterocycles. The highest BCUT2D eigenvalue weighted by atomic mass is 79.9. The van der Waals surface area contributed by atoms with Gasteiger partial charge in [0.15, 0.2) is 11.3 Å². The van der Waals surface area contributed by atoms with Gasteiger partial charge in [-0.1, -0.05) is 11.6 Å². The van der Waals surface area contributed by atoms with Gasteiger partial charge >= 0.3 is 5.97 Å². The Morgan fingerprint density at radius 1 is 1.20 bits per heavy atom. The van der Waals surface area contributed by atoms with Gasteiger partial charge in [0.25, 0.3) is 5.91 Å². The Labute approximate surface area is 128 Å². The first-order valence-electron chi connectivity index (χ1n) is 5.52. The topological polar surface area (TPSA) is 68.5 Å². The molecule has 7 heteroatoms. The Morgan fingerprint density at radius 3 is 2.50 bits per heavy atom. The number of nitrogens with one attached hydrogen (secondary N) is 1. The van der Waals surface area contributed by atoms with E-state index in [0.29, 0.717) is 15.4 Å². The highest BCUT2D eigenvalue weighted by Crippen LogP contribution is 2.15. The molecule has 0 aliphatic carbocycles. The number of furan rings is 1. The lowest BCUT2D eigenvalue weighted by Gasteiger charge is -2.05. The fourth-order valence-corrected chi connectivity index (χ4v) is 1.79. The maximum Gasteiger partial charge on any atom is 0.374 e. The number of halogens is 2. The van der Waals surface area contributed by atoms with E-state index in [1.165, 1.54) is 6.07 Å². The average molecular weight is 359 g/mol. The number of esters is 1. The van der Waals surface area contributed by atoms with Crippen molar-refractivity contribution in [2.45, 2.75) is 0 Å². The predicted molar refractivity (Wildman–Crippen MR) is 76.8 cm³/mol. The normalized spacial score (nSPS) is 10.1. The van der Waals surface area contributed by atoms with E-state index in [0.717, 1.165) is 0 Å². The molecule has 0 aliphatic rings. The third-order valence-electron chi connectivity index (χ3n) is 2.24. The van der Waals surface area contributed by atoms with E-state index in [9.17, 15) is 9.59 Å². The third-order valence-corrected chi connectivity index (χ3v) is 2.91. The zero-order chi connectivity index (χ0) is 14.5. The molecule has 1 N–H and O–H groups in total. The monoisotopic (exact) mass is 357 g/mol. The molecule has 0 atom stereocenters. The average Bonchev–Trinajstić information content (AvgIpc) is 2.85. The SMILES string of the molecule is O=C(COC(=O)c1ccc(Br)o1)Nc1ccc(Cl)cc1. The Bertz CT molecular complexity index is 624. The van der Waals surface area contributed by atoms with Crippen LogP contribution in [0.1, 0.15) is 10.6 Å². The van der Waals surface area contributed by atoms with Gasteiger partial charge in [-0.25, -0.2) is 4.79 Å². The van der Waals surface area contributed by atoms with Crippen LogP contribution in [0.5, 0.6) is 0 Å². The van der Waals surface area contributed by atoms with Gasteiger partial charge in [0.1, 0.15) is 0 Å². The van der Waals surface area contributed by atoms with Gasteiger partial charge in [0, 0.05) is 10.7 Å². The lowest BCUT2D eigenvalue weighted by molar-refractivity contribution is -0.119. The van der Waals surface area contributed by atoms with E-state index >= 15 is 0 Å². The van der Waals surface area contributed by atoms with Crippen LogP contribution in [0.15, 0.2) is 45.5 Å². The molecule has 20 heavy (non-hydrogen) atoms. The first-order chi connectivity index (χ1) is 9.54. The molecule has 0 spiro atoms. The van der Waals surface area contributed by atoms with Gasteiger partial charge in [-0.15, -0.1) is 0 Å². The number of ether oxygens (including phenoxy) is 1. The standard InChI is InChI=1S/C13H9BrClNO4/c14-11-6-5-10(20-11)13(18)19-7-12(17)16-9-3-1-8(15)2-4-9/h1-6H,7H2,(H,16,17). The number of hydrogen-bond acceptors (Lipinski definition) is 4. The molecule has 0 fully saturated rings. The molecule has 1 amide bonds. The van der Waals surface area contributed by atoms with Gasteiger partial charge in [-0.2, -0.15) is 0 Å². The van der Waals surface area contributed by atoms with Crippen molar-refractivity contribution in [2.75, 3.05) is 11.9 Å². The van der Waals surface area contributed by atoms with Gasteiger partial charge < -0.3 is 14.5 Å². The second-order valence-electron chi connectivity index (χ2n) is 3.73. The number of carbonyl (C=O) groups is 2. The van der Waals surface area contributed by atoms with E-state index in [-0.39, 0.29) is 5.76 Å². The largest absolute Gasteiger partial charge is 0.450 e. The number of amides is 1. The quantitative estimate of drug-likeness (QED) is 0.850. The van der Waals surface area contributed by atoms with Gasteiger partial charge in [0.05, 0.1) is 0 Å². The number of benzene rings is 1. The molecule has 0 bridgehead atoms. The number of carbonyl (C=O) groups excluding carboxylic acids is 2. The predicted octanol–water partition coefficient (Wildman–Crippen LogP) is 3.49. The minimum absolute atomic E-state index is 0.0242. The molecule has 0 radical (unpaired) electrons. The van der Waals surface area contributed by atoms with Crippen molar-refractivity contribution < 1.29 is 18.7 Å². The van der Waals surface area contributed by atoms with Crippen LogP contribution in [0, 0.1) is 0 Å². The second kappa shape index (κ2) is 6.58. The molecule has 1 aromatic carbocycles. The molecule has 2 rings (SSSR count). The zero-order valence-corrected chi connectivity index (χ0v) is 12.4. The smallest absolute Gasteiger partial charge is 0.374 e. The molecule has 2 aromatic rings. The summed E-state index contributed by atoms with van der Waals surface area (Å²) in [6.45, 7) is -0.403. The number of rotatable bonds is 4. The molecular weight excluding hydrogens is 350 g/mol. The summed E-state index contributed by atoms with van der Waals surface area (Å²) in [5.41, 5.74) is 0.566. The zero-order valence-electron chi connectivity index (χ0n) is 10.1. The van der Waals surface area contributed by atoms with Crippen molar-refractivity contribution >= 4 is 45.1 Å². The van der Waals surface area contributed by atoms with Crippen LogP contribution in [0.2, 0.25) is 5.02 Å². The third kappa shape index (κ3) is 4.11. The molecule has 5 nitrogen and oxygen atoms in total. The van der Waals surface area contributed by atoms with E-state index in [1.54, 1.807) is 30.3 Å². The van der Waals surface area contributed by atoms with Crippen molar-refractivity contribution in [1.82, 2.24) is 0 Å². The van der Waals surface area contributed by atoms with Crippen molar-refractivity contribution in [1.29, 1.82) is 0 Å².